The number of rotatable bonds is 4. The molecule has 2 aromatic carbocycles. The van der Waals surface area contributed by atoms with Gasteiger partial charge in [0, 0.05) is 23.3 Å². The molecule has 1 aromatic heterocycles. The van der Waals surface area contributed by atoms with E-state index in [0.29, 0.717) is 12.3 Å². The summed E-state index contributed by atoms with van der Waals surface area (Å²) in [5.74, 6) is 0.837. The quantitative estimate of drug-likeness (QED) is 0.710. The maximum Gasteiger partial charge on any atom is 0.121 e. The van der Waals surface area contributed by atoms with E-state index < -0.39 is 0 Å². The van der Waals surface area contributed by atoms with Crippen LogP contribution < -0.4 is 15.8 Å². The van der Waals surface area contributed by atoms with Crippen LogP contribution in [0.25, 0.3) is 10.9 Å². The molecular formula is C17H17N3O. The van der Waals surface area contributed by atoms with E-state index in [1.54, 1.807) is 6.20 Å². The topological polar surface area (TPSA) is 60.2 Å². The molecule has 106 valence electrons. The number of anilines is 3. The minimum Gasteiger partial charge on any atom is -0.494 e. The van der Waals surface area contributed by atoms with Crippen LogP contribution >= 0.6 is 0 Å². The first-order valence-corrected chi connectivity index (χ1v) is 6.91. The molecule has 3 N–H and O–H groups in total. The van der Waals surface area contributed by atoms with E-state index in [-0.39, 0.29) is 0 Å². The van der Waals surface area contributed by atoms with Gasteiger partial charge in [0.15, 0.2) is 0 Å². The van der Waals surface area contributed by atoms with Gasteiger partial charge >= 0.3 is 0 Å². The van der Waals surface area contributed by atoms with Gasteiger partial charge in [-0.2, -0.15) is 0 Å². The van der Waals surface area contributed by atoms with Gasteiger partial charge < -0.3 is 15.8 Å². The Morgan fingerprint density at radius 2 is 2.05 bits per heavy atom. The highest BCUT2D eigenvalue weighted by atomic mass is 16.5. The lowest BCUT2D eigenvalue weighted by molar-refractivity contribution is 0.340. The van der Waals surface area contributed by atoms with Gasteiger partial charge in [0.05, 0.1) is 23.5 Å². The molecule has 1 heterocycles. The molecule has 0 aliphatic rings. The first kappa shape index (κ1) is 13.2. The van der Waals surface area contributed by atoms with Gasteiger partial charge in [-0.3, -0.25) is 4.98 Å². The third-order valence-electron chi connectivity index (χ3n) is 3.25. The molecule has 21 heavy (non-hydrogen) atoms. The number of hydrogen-bond donors (Lipinski definition) is 2. The Hall–Kier alpha value is -2.75. The van der Waals surface area contributed by atoms with Crippen LogP contribution in [0, 0.1) is 0 Å². The average Bonchev–Trinajstić information content (AvgIpc) is 2.51. The summed E-state index contributed by atoms with van der Waals surface area (Å²) in [6.07, 6.45) is 1.76. The summed E-state index contributed by atoms with van der Waals surface area (Å²) in [5.41, 5.74) is 9.62. The second kappa shape index (κ2) is 5.71. The molecule has 4 nitrogen and oxygen atoms in total. The van der Waals surface area contributed by atoms with Gasteiger partial charge in [-0.15, -0.1) is 0 Å². The molecule has 0 saturated heterocycles. The van der Waals surface area contributed by atoms with Gasteiger partial charge in [-0.05, 0) is 43.3 Å². The van der Waals surface area contributed by atoms with Gasteiger partial charge in [-0.25, -0.2) is 0 Å². The highest BCUT2D eigenvalue weighted by Gasteiger charge is 2.05. The molecular weight excluding hydrogens is 262 g/mol. The summed E-state index contributed by atoms with van der Waals surface area (Å²) in [6.45, 7) is 2.61. The third-order valence-corrected chi connectivity index (χ3v) is 3.25. The van der Waals surface area contributed by atoms with E-state index in [9.17, 15) is 0 Å². The molecule has 0 bridgehead atoms. The van der Waals surface area contributed by atoms with Crippen molar-refractivity contribution in [2.75, 3.05) is 17.7 Å². The number of nitrogens with two attached hydrogens (primary N) is 1. The lowest BCUT2D eigenvalue weighted by atomic mass is 10.1. The second-order valence-corrected chi connectivity index (χ2v) is 4.68. The number of benzene rings is 2. The molecule has 3 aromatic rings. The van der Waals surface area contributed by atoms with Crippen molar-refractivity contribution in [1.82, 2.24) is 4.98 Å². The van der Waals surface area contributed by atoms with Gasteiger partial charge in [0.25, 0.3) is 0 Å². The Kier molecular flexibility index (Phi) is 3.60. The summed E-state index contributed by atoms with van der Waals surface area (Å²) in [7, 11) is 0. The van der Waals surface area contributed by atoms with Crippen LogP contribution in [0.15, 0.2) is 54.7 Å². The molecule has 0 unspecified atom stereocenters. The first-order valence-electron chi connectivity index (χ1n) is 6.91. The number of nitrogens with one attached hydrogen (secondary N) is 1. The third kappa shape index (κ3) is 2.74. The van der Waals surface area contributed by atoms with Crippen molar-refractivity contribution < 1.29 is 4.74 Å². The number of hydrogen-bond acceptors (Lipinski definition) is 4. The zero-order valence-corrected chi connectivity index (χ0v) is 11.8. The molecule has 0 amide bonds. The largest absolute Gasteiger partial charge is 0.494 e. The van der Waals surface area contributed by atoms with E-state index in [4.69, 9.17) is 10.5 Å². The number of fused-ring (bicyclic) bond motifs is 1. The van der Waals surface area contributed by atoms with Crippen molar-refractivity contribution in [3.8, 4) is 5.75 Å². The number of aromatic nitrogens is 1. The highest BCUT2D eigenvalue weighted by Crippen LogP contribution is 2.30. The molecule has 0 saturated carbocycles. The van der Waals surface area contributed by atoms with Crippen molar-refractivity contribution in [1.29, 1.82) is 0 Å². The minimum atomic E-state index is 0.646. The number of nitrogen functional groups attached to an aromatic ring is 1. The van der Waals surface area contributed by atoms with Crippen LogP contribution in [0.1, 0.15) is 6.92 Å². The zero-order valence-electron chi connectivity index (χ0n) is 11.8. The van der Waals surface area contributed by atoms with Crippen molar-refractivity contribution >= 4 is 28.0 Å². The Bertz CT molecular complexity index is 771. The van der Waals surface area contributed by atoms with Gasteiger partial charge in [0.2, 0.25) is 0 Å². The summed E-state index contributed by atoms with van der Waals surface area (Å²) < 4.78 is 5.50. The fraction of sp³-hybridized carbons (Fsp3) is 0.118. The molecule has 0 atom stereocenters. The van der Waals surface area contributed by atoms with Crippen molar-refractivity contribution in [3.63, 3.8) is 0 Å². The van der Waals surface area contributed by atoms with Crippen LogP contribution in [-0.4, -0.2) is 11.6 Å². The van der Waals surface area contributed by atoms with Crippen molar-refractivity contribution in [2.45, 2.75) is 6.92 Å². The molecule has 0 aliphatic carbocycles. The predicted octanol–water partition coefficient (Wildman–Crippen LogP) is 3.96. The number of ether oxygens (including phenoxy) is 1. The maximum absolute atomic E-state index is 6.23. The normalized spacial score (nSPS) is 10.5. The maximum atomic E-state index is 6.23. The molecule has 0 aliphatic heterocycles. The fourth-order valence-electron chi connectivity index (χ4n) is 2.27. The standard InChI is InChI=1S/C17H17N3O/c1-2-21-13-6-3-5-12(11-13)20-16-9-8-15-14(17(16)18)7-4-10-19-15/h3-11,20H,2,18H2,1H3. The lowest BCUT2D eigenvalue weighted by Crippen LogP contribution is -1.98. The molecule has 0 spiro atoms. The minimum absolute atomic E-state index is 0.646. The van der Waals surface area contributed by atoms with Crippen LogP contribution in [0.5, 0.6) is 5.75 Å². The van der Waals surface area contributed by atoms with Crippen LogP contribution in [-0.2, 0) is 0 Å². The number of nitrogens with zero attached hydrogens (tertiary/aromatic N) is 1. The Morgan fingerprint density at radius 3 is 2.90 bits per heavy atom. The molecule has 3 rings (SSSR count). The zero-order chi connectivity index (χ0) is 14.7. The second-order valence-electron chi connectivity index (χ2n) is 4.68. The highest BCUT2D eigenvalue weighted by molar-refractivity contribution is 5.97. The molecule has 0 radical (unpaired) electrons. The Morgan fingerprint density at radius 1 is 1.14 bits per heavy atom. The van der Waals surface area contributed by atoms with Crippen LogP contribution in [0.3, 0.4) is 0 Å². The Labute approximate surface area is 123 Å². The lowest BCUT2D eigenvalue weighted by Gasteiger charge is -2.12. The van der Waals surface area contributed by atoms with Crippen molar-refractivity contribution in [3.05, 3.63) is 54.7 Å². The molecule has 0 fully saturated rings. The van der Waals surface area contributed by atoms with E-state index >= 15 is 0 Å². The van der Waals surface area contributed by atoms with E-state index in [0.717, 1.165) is 28.0 Å². The van der Waals surface area contributed by atoms with Crippen LogP contribution in [0.4, 0.5) is 17.1 Å². The summed E-state index contributed by atoms with van der Waals surface area (Å²) >= 11 is 0. The van der Waals surface area contributed by atoms with E-state index in [1.165, 1.54) is 0 Å². The summed E-state index contributed by atoms with van der Waals surface area (Å²) in [4.78, 5) is 4.30. The summed E-state index contributed by atoms with van der Waals surface area (Å²) in [5, 5.41) is 4.28. The van der Waals surface area contributed by atoms with E-state index in [1.807, 2.05) is 55.5 Å². The smallest absolute Gasteiger partial charge is 0.121 e. The molecule has 4 heteroatoms. The Balaban J connectivity index is 1.94. The monoisotopic (exact) mass is 279 g/mol. The average molecular weight is 279 g/mol. The SMILES string of the molecule is CCOc1cccc(Nc2ccc3ncccc3c2N)c1. The van der Waals surface area contributed by atoms with E-state index in [2.05, 4.69) is 10.3 Å². The van der Waals surface area contributed by atoms with Gasteiger partial charge in [0.1, 0.15) is 5.75 Å². The van der Waals surface area contributed by atoms with Crippen molar-refractivity contribution in [2.24, 2.45) is 0 Å². The number of pyridine rings is 1. The first-order chi connectivity index (χ1) is 10.3. The van der Waals surface area contributed by atoms with Gasteiger partial charge in [-0.1, -0.05) is 6.07 Å². The predicted molar refractivity (Wildman–Crippen MR) is 87.0 cm³/mol. The fourth-order valence-corrected chi connectivity index (χ4v) is 2.27. The summed E-state index contributed by atoms with van der Waals surface area (Å²) in [6, 6.07) is 15.6. The van der Waals surface area contributed by atoms with Crippen LogP contribution in [0.2, 0.25) is 0 Å².